The van der Waals surface area contributed by atoms with Gasteiger partial charge < -0.3 is 5.11 Å². The maximum absolute atomic E-state index is 9.95. The number of carbonyl (C=O) groups is 1. The highest BCUT2D eigenvalue weighted by molar-refractivity contribution is 8.14. The Bertz CT molecular complexity index is 157. The molecule has 0 aliphatic carbocycles. The van der Waals surface area contributed by atoms with Crippen LogP contribution in [-0.4, -0.2) is 28.7 Å². The van der Waals surface area contributed by atoms with Crippen LogP contribution in [-0.2, 0) is 0 Å². The average molecular weight is 146 g/mol. The standard InChI is InChI=1S/C4H6N2O2S/c7-4(8)6-3-5-1-2-9-3/h1-2H2,(H,5,6)(H,7,8). The van der Waals surface area contributed by atoms with Crippen LogP contribution in [0.5, 0.6) is 0 Å². The number of hydrogen-bond donors (Lipinski definition) is 2. The van der Waals surface area contributed by atoms with Gasteiger partial charge in [-0.05, 0) is 0 Å². The number of amides is 1. The second-order valence-electron chi connectivity index (χ2n) is 1.47. The van der Waals surface area contributed by atoms with Crippen LogP contribution in [0.25, 0.3) is 0 Å². The van der Waals surface area contributed by atoms with Crippen LogP contribution >= 0.6 is 11.8 Å². The third-order valence-corrected chi connectivity index (χ3v) is 1.69. The smallest absolute Gasteiger partial charge is 0.410 e. The van der Waals surface area contributed by atoms with Crippen molar-refractivity contribution in [1.29, 1.82) is 0 Å². The fraction of sp³-hybridized carbons (Fsp3) is 0.500. The van der Waals surface area contributed by atoms with Gasteiger partial charge in [-0.1, -0.05) is 11.8 Å². The van der Waals surface area contributed by atoms with Crippen molar-refractivity contribution in [1.82, 2.24) is 5.32 Å². The third kappa shape index (κ3) is 1.93. The molecule has 4 nitrogen and oxygen atoms in total. The van der Waals surface area contributed by atoms with Crippen molar-refractivity contribution in [2.24, 2.45) is 4.99 Å². The van der Waals surface area contributed by atoms with Gasteiger partial charge >= 0.3 is 6.09 Å². The molecule has 0 fully saturated rings. The molecule has 0 spiro atoms. The van der Waals surface area contributed by atoms with E-state index in [1.807, 2.05) is 0 Å². The van der Waals surface area contributed by atoms with E-state index in [1.54, 1.807) is 0 Å². The van der Waals surface area contributed by atoms with Crippen molar-refractivity contribution in [2.75, 3.05) is 12.3 Å². The van der Waals surface area contributed by atoms with E-state index in [0.29, 0.717) is 5.17 Å². The van der Waals surface area contributed by atoms with Gasteiger partial charge in [-0.15, -0.1) is 0 Å². The molecule has 0 atom stereocenters. The molecule has 2 N–H and O–H groups in total. The molecular weight excluding hydrogens is 140 g/mol. The molecule has 0 saturated heterocycles. The highest BCUT2D eigenvalue weighted by atomic mass is 32.2. The summed E-state index contributed by atoms with van der Waals surface area (Å²) in [5.74, 6) is 0.885. The van der Waals surface area contributed by atoms with E-state index in [2.05, 4.69) is 10.3 Å². The maximum Gasteiger partial charge on any atom is 0.410 e. The molecule has 0 unspecified atom stereocenters. The molecule has 1 rings (SSSR count). The molecular formula is C4H6N2O2S. The van der Waals surface area contributed by atoms with E-state index in [4.69, 9.17) is 5.11 Å². The first-order chi connectivity index (χ1) is 4.29. The molecule has 0 aromatic carbocycles. The van der Waals surface area contributed by atoms with Crippen LogP contribution in [0, 0.1) is 0 Å². The van der Waals surface area contributed by atoms with Gasteiger partial charge in [0.1, 0.15) is 0 Å². The SMILES string of the molecule is O=C(O)NC1=NCCS1. The van der Waals surface area contributed by atoms with Crippen LogP contribution < -0.4 is 5.32 Å². The van der Waals surface area contributed by atoms with E-state index in [1.165, 1.54) is 11.8 Å². The molecule has 0 aromatic rings. The van der Waals surface area contributed by atoms with Crippen molar-refractivity contribution >= 4 is 23.0 Å². The summed E-state index contributed by atoms with van der Waals surface area (Å²) in [5.41, 5.74) is 0. The summed E-state index contributed by atoms with van der Waals surface area (Å²) in [4.78, 5) is 13.8. The Morgan fingerprint density at radius 1 is 1.89 bits per heavy atom. The molecule has 0 saturated carbocycles. The first kappa shape index (κ1) is 6.41. The summed E-state index contributed by atoms with van der Waals surface area (Å²) in [6.45, 7) is 0.722. The number of nitrogens with one attached hydrogen (secondary N) is 1. The minimum atomic E-state index is -1.04. The highest BCUT2D eigenvalue weighted by Crippen LogP contribution is 2.08. The van der Waals surface area contributed by atoms with Gasteiger partial charge in [0.15, 0.2) is 5.17 Å². The Labute approximate surface area is 56.4 Å². The number of carboxylic acid groups (broad SMARTS) is 1. The lowest BCUT2D eigenvalue weighted by Crippen LogP contribution is -2.24. The molecule has 1 aliphatic heterocycles. The van der Waals surface area contributed by atoms with E-state index >= 15 is 0 Å². The van der Waals surface area contributed by atoms with E-state index in [9.17, 15) is 4.79 Å². The Morgan fingerprint density at radius 3 is 3.11 bits per heavy atom. The fourth-order valence-corrected chi connectivity index (χ4v) is 1.22. The lowest BCUT2D eigenvalue weighted by atomic mass is 10.8. The van der Waals surface area contributed by atoms with Crippen molar-refractivity contribution in [3.8, 4) is 0 Å². The summed E-state index contributed by atoms with van der Waals surface area (Å²) in [6.07, 6.45) is -1.04. The first-order valence-corrected chi connectivity index (χ1v) is 3.45. The van der Waals surface area contributed by atoms with Crippen LogP contribution in [0.1, 0.15) is 0 Å². The normalized spacial score (nSPS) is 17.1. The third-order valence-electron chi connectivity index (χ3n) is 0.799. The molecule has 0 aromatic heterocycles. The van der Waals surface area contributed by atoms with Crippen LogP contribution in [0.2, 0.25) is 0 Å². The number of aliphatic imine (C=N–C) groups is 1. The number of thioether (sulfide) groups is 1. The Balaban J connectivity index is 2.35. The van der Waals surface area contributed by atoms with Crippen LogP contribution in [0.3, 0.4) is 0 Å². The monoisotopic (exact) mass is 146 g/mol. The summed E-state index contributed by atoms with van der Waals surface area (Å²) >= 11 is 1.43. The Morgan fingerprint density at radius 2 is 2.67 bits per heavy atom. The lowest BCUT2D eigenvalue weighted by Gasteiger charge is -1.94. The molecule has 5 heteroatoms. The largest absolute Gasteiger partial charge is 0.465 e. The van der Waals surface area contributed by atoms with Gasteiger partial charge in [-0.2, -0.15) is 0 Å². The van der Waals surface area contributed by atoms with Crippen LogP contribution in [0.4, 0.5) is 4.79 Å². The van der Waals surface area contributed by atoms with Gasteiger partial charge in [0.2, 0.25) is 0 Å². The zero-order valence-electron chi connectivity index (χ0n) is 4.63. The van der Waals surface area contributed by atoms with Crippen molar-refractivity contribution < 1.29 is 9.90 Å². The topological polar surface area (TPSA) is 61.7 Å². The predicted octanol–water partition coefficient (Wildman–Crippen LogP) is 0.357. The molecule has 50 valence electrons. The van der Waals surface area contributed by atoms with E-state index < -0.39 is 6.09 Å². The minimum absolute atomic E-state index is 0.516. The summed E-state index contributed by atoms with van der Waals surface area (Å²) in [6, 6.07) is 0. The molecule has 1 heterocycles. The first-order valence-electron chi connectivity index (χ1n) is 2.46. The van der Waals surface area contributed by atoms with E-state index in [-0.39, 0.29) is 0 Å². The second kappa shape index (κ2) is 2.72. The zero-order chi connectivity index (χ0) is 6.69. The fourth-order valence-electron chi connectivity index (χ4n) is 0.502. The van der Waals surface area contributed by atoms with Crippen molar-refractivity contribution in [3.63, 3.8) is 0 Å². The zero-order valence-corrected chi connectivity index (χ0v) is 5.44. The molecule has 1 aliphatic rings. The number of rotatable bonds is 0. The quantitative estimate of drug-likeness (QED) is 0.518. The Hall–Kier alpha value is -0.710. The molecule has 0 radical (unpaired) electrons. The van der Waals surface area contributed by atoms with Gasteiger partial charge in [0.05, 0.1) is 6.54 Å². The number of amidine groups is 1. The summed E-state index contributed by atoms with van der Waals surface area (Å²) < 4.78 is 0. The summed E-state index contributed by atoms with van der Waals surface area (Å²) in [5, 5.41) is 10.9. The maximum atomic E-state index is 9.95. The van der Waals surface area contributed by atoms with E-state index in [0.717, 1.165) is 12.3 Å². The minimum Gasteiger partial charge on any atom is -0.465 e. The summed E-state index contributed by atoms with van der Waals surface area (Å²) in [7, 11) is 0. The predicted molar refractivity (Wildman–Crippen MR) is 35.9 cm³/mol. The molecule has 0 bridgehead atoms. The van der Waals surface area contributed by atoms with Gasteiger partial charge in [0.25, 0.3) is 0 Å². The van der Waals surface area contributed by atoms with Crippen molar-refractivity contribution in [2.45, 2.75) is 0 Å². The van der Waals surface area contributed by atoms with Crippen molar-refractivity contribution in [3.05, 3.63) is 0 Å². The lowest BCUT2D eigenvalue weighted by molar-refractivity contribution is 0.200. The Kier molecular flexibility index (Phi) is 1.94. The second-order valence-corrected chi connectivity index (χ2v) is 2.55. The molecule has 9 heavy (non-hydrogen) atoms. The average Bonchev–Trinajstić information content (AvgIpc) is 2.15. The number of hydrogen-bond acceptors (Lipinski definition) is 3. The van der Waals surface area contributed by atoms with Gasteiger partial charge in [-0.3, -0.25) is 10.3 Å². The van der Waals surface area contributed by atoms with Crippen LogP contribution in [0.15, 0.2) is 4.99 Å². The number of nitrogens with zero attached hydrogens (tertiary/aromatic N) is 1. The van der Waals surface area contributed by atoms with Gasteiger partial charge in [0, 0.05) is 5.75 Å². The molecule has 1 amide bonds. The highest BCUT2D eigenvalue weighted by Gasteiger charge is 2.08. The van der Waals surface area contributed by atoms with Gasteiger partial charge in [-0.25, -0.2) is 4.79 Å².